The lowest BCUT2D eigenvalue weighted by Crippen LogP contribution is -2.13. The summed E-state index contributed by atoms with van der Waals surface area (Å²) in [5.41, 5.74) is 5.90. The Labute approximate surface area is 152 Å². The molecule has 1 rings (SSSR count). The third kappa shape index (κ3) is 12.9. The zero-order valence-electron chi connectivity index (χ0n) is 14.8. The number of unbranched alkanes of at least 4 members (excludes halogenated alkanes) is 8. The van der Waals surface area contributed by atoms with Gasteiger partial charge in [0.05, 0.1) is 5.37 Å². The van der Waals surface area contributed by atoms with Gasteiger partial charge in [-0.25, -0.2) is 0 Å². The van der Waals surface area contributed by atoms with Crippen molar-refractivity contribution in [2.24, 2.45) is 5.73 Å². The third-order valence-electron chi connectivity index (χ3n) is 4.03. The van der Waals surface area contributed by atoms with E-state index in [-0.39, 0.29) is 0 Å². The summed E-state index contributed by atoms with van der Waals surface area (Å²) in [5.74, 6) is 2.51. The fourth-order valence-corrected chi connectivity index (χ4v) is 4.34. The minimum atomic E-state index is 0.357. The van der Waals surface area contributed by atoms with Crippen LogP contribution in [0.1, 0.15) is 71.1 Å². The lowest BCUT2D eigenvalue weighted by molar-refractivity contribution is 0.574. The number of thioether (sulfide) groups is 2. The van der Waals surface area contributed by atoms with Gasteiger partial charge >= 0.3 is 0 Å². The molecule has 0 amide bonds. The molecule has 1 unspecified atom stereocenters. The van der Waals surface area contributed by atoms with E-state index in [0.29, 0.717) is 5.37 Å². The average Bonchev–Trinajstić information content (AvgIpc) is 2.59. The maximum absolute atomic E-state index is 5.90. The summed E-state index contributed by atoms with van der Waals surface area (Å²) < 4.78 is 0. The average molecular weight is 354 g/mol. The highest BCUT2D eigenvalue weighted by Gasteiger charge is 1.98. The summed E-state index contributed by atoms with van der Waals surface area (Å²) >= 11 is 3.92. The molecule has 0 aliphatic carbocycles. The first kappa shape index (κ1) is 20.9. The molecule has 0 aromatic heterocycles. The SMILES string of the molecule is CCC(N)SCCCCCCCCCCCSc1ccccc1. The lowest BCUT2D eigenvalue weighted by Gasteiger charge is -2.07. The van der Waals surface area contributed by atoms with Gasteiger partial charge in [-0.1, -0.05) is 70.1 Å². The standard InChI is InChI=1S/C20H35NS2/c1-2-20(21)23-18-14-9-7-5-3-4-6-8-13-17-22-19-15-11-10-12-16-19/h10-12,15-16,20H,2-9,13-14,17-18,21H2,1H3. The molecule has 3 heteroatoms. The van der Waals surface area contributed by atoms with Gasteiger partial charge in [-0.2, -0.15) is 0 Å². The van der Waals surface area contributed by atoms with Crippen LogP contribution in [0, 0.1) is 0 Å². The molecule has 132 valence electrons. The highest BCUT2D eigenvalue weighted by atomic mass is 32.2. The van der Waals surface area contributed by atoms with Gasteiger partial charge in [-0.15, -0.1) is 23.5 Å². The number of hydrogen-bond acceptors (Lipinski definition) is 3. The van der Waals surface area contributed by atoms with Crippen LogP contribution in [-0.4, -0.2) is 16.9 Å². The normalized spacial score (nSPS) is 12.4. The van der Waals surface area contributed by atoms with Crippen LogP contribution in [0.15, 0.2) is 35.2 Å². The largest absolute Gasteiger partial charge is 0.319 e. The van der Waals surface area contributed by atoms with Gasteiger partial charge in [0.2, 0.25) is 0 Å². The van der Waals surface area contributed by atoms with E-state index in [9.17, 15) is 0 Å². The monoisotopic (exact) mass is 353 g/mol. The fraction of sp³-hybridized carbons (Fsp3) is 0.700. The molecular formula is C20H35NS2. The van der Waals surface area contributed by atoms with Crippen LogP contribution >= 0.6 is 23.5 Å². The minimum absolute atomic E-state index is 0.357. The molecule has 0 aliphatic heterocycles. The van der Waals surface area contributed by atoms with Crippen LogP contribution in [-0.2, 0) is 0 Å². The molecule has 0 aliphatic rings. The van der Waals surface area contributed by atoms with Gasteiger partial charge in [0.15, 0.2) is 0 Å². The van der Waals surface area contributed by atoms with Crippen molar-refractivity contribution in [3.63, 3.8) is 0 Å². The number of hydrogen-bond donors (Lipinski definition) is 1. The smallest absolute Gasteiger partial charge is 0.0504 e. The van der Waals surface area contributed by atoms with Crippen molar-refractivity contribution in [3.05, 3.63) is 30.3 Å². The van der Waals surface area contributed by atoms with Gasteiger partial charge in [0.1, 0.15) is 0 Å². The quantitative estimate of drug-likeness (QED) is 0.215. The molecule has 0 heterocycles. The highest BCUT2D eigenvalue weighted by molar-refractivity contribution is 7.99. The molecule has 1 nitrogen and oxygen atoms in total. The summed E-state index contributed by atoms with van der Waals surface area (Å²) in [6.07, 6.45) is 13.7. The van der Waals surface area contributed by atoms with Crippen LogP contribution in [0.2, 0.25) is 0 Å². The van der Waals surface area contributed by atoms with Gasteiger partial charge in [0.25, 0.3) is 0 Å². The number of benzene rings is 1. The Hall–Kier alpha value is -0.120. The maximum atomic E-state index is 5.90. The summed E-state index contributed by atoms with van der Waals surface area (Å²) in [7, 11) is 0. The predicted molar refractivity (Wildman–Crippen MR) is 109 cm³/mol. The van der Waals surface area contributed by atoms with Crippen molar-refractivity contribution in [2.75, 3.05) is 11.5 Å². The van der Waals surface area contributed by atoms with E-state index in [1.165, 1.54) is 74.2 Å². The van der Waals surface area contributed by atoms with Crippen LogP contribution < -0.4 is 5.73 Å². The van der Waals surface area contributed by atoms with E-state index in [4.69, 9.17) is 5.73 Å². The first-order valence-corrected chi connectivity index (χ1v) is 11.4. The second-order valence-electron chi connectivity index (χ2n) is 6.16. The molecule has 0 radical (unpaired) electrons. The van der Waals surface area contributed by atoms with Crippen LogP contribution in [0.4, 0.5) is 0 Å². The van der Waals surface area contributed by atoms with Crippen LogP contribution in [0.25, 0.3) is 0 Å². The molecular weight excluding hydrogens is 318 g/mol. The number of nitrogens with two attached hydrogens (primary N) is 1. The third-order valence-corrected chi connectivity index (χ3v) is 6.42. The van der Waals surface area contributed by atoms with Gasteiger partial charge in [0, 0.05) is 4.90 Å². The minimum Gasteiger partial charge on any atom is -0.319 e. The van der Waals surface area contributed by atoms with E-state index in [2.05, 4.69) is 37.3 Å². The van der Waals surface area contributed by atoms with Crippen LogP contribution in [0.5, 0.6) is 0 Å². The van der Waals surface area contributed by atoms with Crippen molar-refractivity contribution in [2.45, 2.75) is 81.4 Å². The summed E-state index contributed by atoms with van der Waals surface area (Å²) in [4.78, 5) is 1.41. The van der Waals surface area contributed by atoms with E-state index in [1.54, 1.807) is 0 Å². The van der Waals surface area contributed by atoms with E-state index in [1.807, 2.05) is 23.5 Å². The van der Waals surface area contributed by atoms with E-state index in [0.717, 1.165) is 6.42 Å². The second-order valence-corrected chi connectivity index (χ2v) is 8.68. The van der Waals surface area contributed by atoms with E-state index >= 15 is 0 Å². The summed E-state index contributed by atoms with van der Waals surface area (Å²) in [6, 6.07) is 10.7. The Kier molecular flexibility index (Phi) is 14.0. The Morgan fingerprint density at radius 3 is 1.87 bits per heavy atom. The lowest BCUT2D eigenvalue weighted by atomic mass is 10.1. The van der Waals surface area contributed by atoms with Gasteiger partial charge in [-0.05, 0) is 42.9 Å². The highest BCUT2D eigenvalue weighted by Crippen LogP contribution is 2.19. The Morgan fingerprint density at radius 1 is 0.783 bits per heavy atom. The molecule has 1 atom stereocenters. The zero-order chi connectivity index (χ0) is 16.6. The molecule has 0 fully saturated rings. The Bertz CT molecular complexity index is 356. The maximum Gasteiger partial charge on any atom is 0.0504 e. The number of rotatable bonds is 15. The van der Waals surface area contributed by atoms with Crippen molar-refractivity contribution in [1.82, 2.24) is 0 Å². The first-order chi connectivity index (χ1) is 11.3. The van der Waals surface area contributed by atoms with Crippen molar-refractivity contribution >= 4 is 23.5 Å². The van der Waals surface area contributed by atoms with Crippen molar-refractivity contribution < 1.29 is 0 Å². The molecule has 2 N–H and O–H groups in total. The first-order valence-electron chi connectivity index (χ1n) is 9.38. The van der Waals surface area contributed by atoms with Crippen molar-refractivity contribution in [3.8, 4) is 0 Å². The molecule has 23 heavy (non-hydrogen) atoms. The van der Waals surface area contributed by atoms with Gasteiger partial charge in [-0.3, -0.25) is 0 Å². The topological polar surface area (TPSA) is 26.0 Å². The second kappa shape index (κ2) is 15.4. The zero-order valence-corrected chi connectivity index (χ0v) is 16.5. The molecule has 1 aromatic rings. The molecule has 0 bridgehead atoms. The molecule has 0 spiro atoms. The predicted octanol–water partition coefficient (Wildman–Crippen LogP) is 6.72. The van der Waals surface area contributed by atoms with Crippen LogP contribution in [0.3, 0.4) is 0 Å². The van der Waals surface area contributed by atoms with Crippen molar-refractivity contribution in [1.29, 1.82) is 0 Å². The summed E-state index contributed by atoms with van der Waals surface area (Å²) in [5, 5.41) is 0.357. The Balaban J connectivity index is 1.75. The summed E-state index contributed by atoms with van der Waals surface area (Å²) in [6.45, 7) is 2.16. The fourth-order valence-electron chi connectivity index (χ4n) is 2.50. The van der Waals surface area contributed by atoms with E-state index < -0.39 is 0 Å². The molecule has 1 aromatic carbocycles. The molecule has 0 saturated heterocycles. The van der Waals surface area contributed by atoms with Gasteiger partial charge < -0.3 is 5.73 Å². The Morgan fingerprint density at radius 2 is 1.30 bits per heavy atom. The molecule has 0 saturated carbocycles.